The molecule has 1 unspecified atom stereocenters. The maximum atomic E-state index is 12.3. The molecule has 0 bridgehead atoms. The molecule has 1 aliphatic rings. The molecule has 0 heterocycles. The summed E-state index contributed by atoms with van der Waals surface area (Å²) in [4.78, 5) is 12.3. The lowest BCUT2D eigenvalue weighted by Gasteiger charge is -2.14. The van der Waals surface area contributed by atoms with E-state index in [1.807, 2.05) is 19.1 Å². The second-order valence-corrected chi connectivity index (χ2v) is 5.72. The van der Waals surface area contributed by atoms with E-state index in [0.29, 0.717) is 23.7 Å². The van der Waals surface area contributed by atoms with Gasteiger partial charge in [0.2, 0.25) is 0 Å². The number of rotatable bonds is 3. The molecule has 0 spiro atoms. The molecule has 0 aliphatic heterocycles. The maximum absolute atomic E-state index is 12.3. The Bertz CT molecular complexity index is 679. The van der Waals surface area contributed by atoms with Crippen LogP contribution in [0.5, 0.6) is 0 Å². The zero-order chi connectivity index (χ0) is 14.8. The Labute approximate surface area is 125 Å². The van der Waals surface area contributed by atoms with E-state index in [1.165, 1.54) is 11.1 Å². The quantitative estimate of drug-likeness (QED) is 0.849. The number of benzene rings is 2. The number of nitrogens with two attached hydrogens (primary N) is 1. The molecule has 3 nitrogen and oxygen atoms in total. The summed E-state index contributed by atoms with van der Waals surface area (Å²) in [5.41, 5.74) is 10.8. The Morgan fingerprint density at radius 1 is 1.29 bits per heavy atom. The lowest BCUT2D eigenvalue weighted by Crippen LogP contribution is -2.28. The van der Waals surface area contributed by atoms with Gasteiger partial charge in [-0.05, 0) is 48.6 Å². The van der Waals surface area contributed by atoms with Crippen molar-refractivity contribution in [3.63, 3.8) is 0 Å². The summed E-state index contributed by atoms with van der Waals surface area (Å²) < 4.78 is 0. The van der Waals surface area contributed by atoms with E-state index in [0.717, 1.165) is 18.4 Å². The molecule has 0 saturated carbocycles. The highest BCUT2D eigenvalue weighted by Gasteiger charge is 2.22. The zero-order valence-electron chi connectivity index (χ0n) is 12.2. The third kappa shape index (κ3) is 2.77. The van der Waals surface area contributed by atoms with Crippen molar-refractivity contribution in [2.45, 2.75) is 25.7 Å². The van der Waals surface area contributed by atoms with Crippen molar-refractivity contribution in [3.05, 3.63) is 64.7 Å². The topological polar surface area (TPSA) is 55.1 Å². The smallest absolute Gasteiger partial charge is 0.251 e. The molecule has 1 aliphatic carbocycles. The van der Waals surface area contributed by atoms with Crippen molar-refractivity contribution in [1.29, 1.82) is 0 Å². The van der Waals surface area contributed by atoms with Crippen LogP contribution in [0.1, 0.15) is 39.4 Å². The molecule has 1 amide bonds. The summed E-state index contributed by atoms with van der Waals surface area (Å²) in [6, 6.07) is 13.9. The number of anilines is 1. The molecule has 108 valence electrons. The lowest BCUT2D eigenvalue weighted by molar-refractivity contribution is 0.0950. The molecule has 0 radical (unpaired) electrons. The molecule has 0 aromatic heterocycles. The molecule has 0 fully saturated rings. The SMILES string of the molecule is Cc1ccc(N)cc1C(=O)NCC1CCc2ccccc21. The molecule has 3 N–H and O–H groups in total. The first-order valence-corrected chi connectivity index (χ1v) is 7.37. The molecule has 21 heavy (non-hydrogen) atoms. The summed E-state index contributed by atoms with van der Waals surface area (Å²) in [6.07, 6.45) is 2.21. The summed E-state index contributed by atoms with van der Waals surface area (Å²) in [6.45, 7) is 2.61. The van der Waals surface area contributed by atoms with Gasteiger partial charge in [-0.1, -0.05) is 30.3 Å². The van der Waals surface area contributed by atoms with Gasteiger partial charge in [-0.3, -0.25) is 4.79 Å². The Morgan fingerprint density at radius 3 is 2.95 bits per heavy atom. The predicted molar refractivity (Wildman–Crippen MR) is 85.4 cm³/mol. The largest absolute Gasteiger partial charge is 0.399 e. The fourth-order valence-electron chi connectivity index (χ4n) is 3.05. The summed E-state index contributed by atoms with van der Waals surface area (Å²) in [5.74, 6) is 0.385. The molecule has 0 saturated heterocycles. The van der Waals surface area contributed by atoms with Gasteiger partial charge in [-0.2, -0.15) is 0 Å². The summed E-state index contributed by atoms with van der Waals surface area (Å²) in [5, 5.41) is 3.06. The number of nitrogens with one attached hydrogen (secondary N) is 1. The fourth-order valence-corrected chi connectivity index (χ4v) is 3.05. The van der Waals surface area contributed by atoms with Crippen molar-refractivity contribution < 1.29 is 4.79 Å². The number of amides is 1. The molecule has 1 atom stereocenters. The molecule has 3 heteroatoms. The first-order chi connectivity index (χ1) is 10.1. The first-order valence-electron chi connectivity index (χ1n) is 7.37. The Balaban J connectivity index is 1.69. The van der Waals surface area contributed by atoms with Crippen LogP contribution >= 0.6 is 0 Å². The summed E-state index contributed by atoms with van der Waals surface area (Å²) >= 11 is 0. The number of aryl methyl sites for hydroxylation is 2. The third-order valence-electron chi connectivity index (χ3n) is 4.27. The van der Waals surface area contributed by atoms with Gasteiger partial charge in [0.1, 0.15) is 0 Å². The zero-order valence-corrected chi connectivity index (χ0v) is 12.2. The van der Waals surface area contributed by atoms with Crippen molar-refractivity contribution in [2.75, 3.05) is 12.3 Å². The second kappa shape index (κ2) is 5.60. The van der Waals surface area contributed by atoms with E-state index >= 15 is 0 Å². The Morgan fingerprint density at radius 2 is 2.10 bits per heavy atom. The normalized spacial score (nSPS) is 16.5. The van der Waals surface area contributed by atoms with Gasteiger partial charge in [0.15, 0.2) is 0 Å². The summed E-state index contributed by atoms with van der Waals surface area (Å²) in [7, 11) is 0. The predicted octanol–water partition coefficient (Wildman–Crippen LogP) is 3.04. The average molecular weight is 280 g/mol. The van der Waals surface area contributed by atoms with Gasteiger partial charge in [0.25, 0.3) is 5.91 Å². The molecular weight excluding hydrogens is 260 g/mol. The Kier molecular flexibility index (Phi) is 3.65. The molecule has 2 aromatic carbocycles. The van der Waals surface area contributed by atoms with E-state index in [9.17, 15) is 4.79 Å². The first kappa shape index (κ1) is 13.7. The van der Waals surface area contributed by atoms with Crippen molar-refractivity contribution in [1.82, 2.24) is 5.32 Å². The minimum absolute atomic E-state index is 0.0378. The van der Waals surface area contributed by atoms with E-state index in [1.54, 1.807) is 6.07 Å². The minimum atomic E-state index is -0.0378. The minimum Gasteiger partial charge on any atom is -0.399 e. The number of hydrogen-bond donors (Lipinski definition) is 2. The monoisotopic (exact) mass is 280 g/mol. The van der Waals surface area contributed by atoms with Crippen LogP contribution in [0.15, 0.2) is 42.5 Å². The van der Waals surface area contributed by atoms with Gasteiger partial charge < -0.3 is 11.1 Å². The van der Waals surface area contributed by atoms with Crippen molar-refractivity contribution in [2.24, 2.45) is 0 Å². The number of fused-ring (bicyclic) bond motifs is 1. The van der Waals surface area contributed by atoms with Crippen LogP contribution in [0.2, 0.25) is 0 Å². The number of carbonyl (C=O) groups excluding carboxylic acids is 1. The highest BCUT2D eigenvalue weighted by Crippen LogP contribution is 2.32. The van der Waals surface area contributed by atoms with Gasteiger partial charge in [-0.25, -0.2) is 0 Å². The maximum Gasteiger partial charge on any atom is 0.251 e. The average Bonchev–Trinajstić information content (AvgIpc) is 2.90. The highest BCUT2D eigenvalue weighted by molar-refractivity contribution is 5.96. The second-order valence-electron chi connectivity index (χ2n) is 5.72. The van der Waals surface area contributed by atoms with E-state index in [2.05, 4.69) is 29.6 Å². The fraction of sp³-hybridized carbons (Fsp3) is 0.278. The van der Waals surface area contributed by atoms with E-state index in [-0.39, 0.29) is 5.91 Å². The lowest BCUT2D eigenvalue weighted by atomic mass is 10.0. The third-order valence-corrected chi connectivity index (χ3v) is 4.27. The van der Waals surface area contributed by atoms with Crippen LogP contribution in [0, 0.1) is 6.92 Å². The molecular formula is C18H20N2O. The van der Waals surface area contributed by atoms with Crippen LogP contribution < -0.4 is 11.1 Å². The van der Waals surface area contributed by atoms with Crippen molar-refractivity contribution >= 4 is 11.6 Å². The number of nitrogen functional groups attached to an aromatic ring is 1. The van der Waals surface area contributed by atoms with E-state index in [4.69, 9.17) is 5.73 Å². The van der Waals surface area contributed by atoms with Gasteiger partial charge in [0.05, 0.1) is 0 Å². The van der Waals surface area contributed by atoms with Gasteiger partial charge >= 0.3 is 0 Å². The standard InChI is InChI=1S/C18H20N2O/c1-12-6-9-15(19)10-17(12)18(21)20-11-14-8-7-13-4-2-3-5-16(13)14/h2-6,9-10,14H,7-8,11,19H2,1H3,(H,20,21). The van der Waals surface area contributed by atoms with Gasteiger partial charge in [-0.15, -0.1) is 0 Å². The van der Waals surface area contributed by atoms with E-state index < -0.39 is 0 Å². The molecule has 3 rings (SSSR count). The van der Waals surface area contributed by atoms with Crippen molar-refractivity contribution in [3.8, 4) is 0 Å². The molecule has 2 aromatic rings. The number of carbonyl (C=O) groups is 1. The highest BCUT2D eigenvalue weighted by atomic mass is 16.1. The number of hydrogen-bond acceptors (Lipinski definition) is 2. The Hall–Kier alpha value is -2.29. The van der Waals surface area contributed by atoms with Crippen LogP contribution in [0.3, 0.4) is 0 Å². The van der Waals surface area contributed by atoms with Crippen LogP contribution in [-0.4, -0.2) is 12.5 Å². The van der Waals surface area contributed by atoms with Gasteiger partial charge in [0, 0.05) is 23.7 Å². The van der Waals surface area contributed by atoms with Crippen LogP contribution in [-0.2, 0) is 6.42 Å². The van der Waals surface area contributed by atoms with Crippen LogP contribution in [0.25, 0.3) is 0 Å². The van der Waals surface area contributed by atoms with Crippen LogP contribution in [0.4, 0.5) is 5.69 Å².